The molecule has 1 unspecified atom stereocenters. The van der Waals surface area contributed by atoms with Gasteiger partial charge in [0.1, 0.15) is 0 Å². The van der Waals surface area contributed by atoms with Crippen molar-refractivity contribution in [1.29, 1.82) is 0 Å². The summed E-state index contributed by atoms with van der Waals surface area (Å²) in [5, 5.41) is 9.19. The molecule has 0 aromatic carbocycles. The zero-order valence-electron chi connectivity index (χ0n) is 13.1. The molecule has 1 aliphatic rings. The molecular formula is C13H29N3O3S. The lowest BCUT2D eigenvalue weighted by molar-refractivity contribution is 0.164. The van der Waals surface area contributed by atoms with Gasteiger partial charge in [0.25, 0.3) is 10.2 Å². The Hall–Kier alpha value is -0.210. The normalized spacial score (nSPS) is 22.4. The van der Waals surface area contributed by atoms with Gasteiger partial charge in [0.05, 0.1) is 0 Å². The van der Waals surface area contributed by atoms with Gasteiger partial charge in [0, 0.05) is 32.8 Å². The average molecular weight is 307 g/mol. The van der Waals surface area contributed by atoms with Gasteiger partial charge in [-0.1, -0.05) is 13.8 Å². The minimum absolute atomic E-state index is 0.0537. The maximum atomic E-state index is 12.3. The molecule has 0 spiro atoms. The van der Waals surface area contributed by atoms with E-state index in [1.807, 2.05) is 27.9 Å². The summed E-state index contributed by atoms with van der Waals surface area (Å²) in [6.07, 6.45) is 1.71. The molecule has 0 aromatic rings. The summed E-state index contributed by atoms with van der Waals surface area (Å²) in [6.45, 7) is 6.32. The van der Waals surface area contributed by atoms with Gasteiger partial charge in [-0.3, -0.25) is 0 Å². The fraction of sp³-hybridized carbons (Fsp3) is 1.00. The van der Waals surface area contributed by atoms with Crippen LogP contribution >= 0.6 is 0 Å². The molecule has 1 atom stereocenters. The number of aliphatic hydroxyl groups excluding tert-OH is 1. The largest absolute Gasteiger partial charge is 0.396 e. The van der Waals surface area contributed by atoms with Crippen molar-refractivity contribution in [2.75, 3.05) is 46.9 Å². The van der Waals surface area contributed by atoms with Gasteiger partial charge in [0.2, 0.25) is 0 Å². The fourth-order valence-corrected chi connectivity index (χ4v) is 4.22. The Morgan fingerprint density at radius 1 is 1.40 bits per heavy atom. The van der Waals surface area contributed by atoms with Gasteiger partial charge < -0.3 is 10.0 Å². The molecule has 2 N–H and O–H groups in total. The molecular weight excluding hydrogens is 278 g/mol. The number of nitrogens with zero attached hydrogens (tertiary/aromatic N) is 2. The second kappa shape index (κ2) is 7.17. The molecule has 0 amide bonds. The monoisotopic (exact) mass is 307 g/mol. The van der Waals surface area contributed by atoms with Crippen molar-refractivity contribution in [3.8, 4) is 0 Å². The lowest BCUT2D eigenvalue weighted by atomic mass is 9.93. The third-order valence-corrected chi connectivity index (χ3v) is 5.08. The number of nitrogens with one attached hydrogen (secondary N) is 1. The third-order valence-electron chi connectivity index (χ3n) is 3.56. The Morgan fingerprint density at radius 3 is 2.60 bits per heavy atom. The van der Waals surface area contributed by atoms with Crippen molar-refractivity contribution in [3.05, 3.63) is 0 Å². The van der Waals surface area contributed by atoms with Gasteiger partial charge in [-0.05, 0) is 38.3 Å². The van der Waals surface area contributed by atoms with E-state index in [1.165, 1.54) is 4.31 Å². The molecule has 1 heterocycles. The summed E-state index contributed by atoms with van der Waals surface area (Å²) in [4.78, 5) is 2.05. The summed E-state index contributed by atoms with van der Waals surface area (Å²) >= 11 is 0. The molecule has 6 nitrogen and oxygen atoms in total. The van der Waals surface area contributed by atoms with Crippen LogP contribution in [0.2, 0.25) is 0 Å². The first-order valence-corrected chi connectivity index (χ1v) is 8.60. The van der Waals surface area contributed by atoms with Crippen LogP contribution in [0.1, 0.15) is 26.7 Å². The Balaban J connectivity index is 2.57. The highest BCUT2D eigenvalue weighted by Crippen LogP contribution is 2.19. The molecule has 1 fully saturated rings. The maximum absolute atomic E-state index is 12.3. The van der Waals surface area contributed by atoms with Crippen molar-refractivity contribution >= 4 is 10.2 Å². The molecule has 0 aliphatic carbocycles. The quantitative estimate of drug-likeness (QED) is 0.700. The summed E-state index contributed by atoms with van der Waals surface area (Å²) in [5.74, 6) is 0.0649. The lowest BCUT2D eigenvalue weighted by Crippen LogP contribution is -2.49. The first-order chi connectivity index (χ1) is 9.16. The van der Waals surface area contributed by atoms with Crippen LogP contribution in [-0.2, 0) is 10.2 Å². The van der Waals surface area contributed by atoms with Gasteiger partial charge in [-0.15, -0.1) is 0 Å². The Kier molecular flexibility index (Phi) is 6.40. The zero-order chi connectivity index (χ0) is 15.4. The summed E-state index contributed by atoms with van der Waals surface area (Å²) < 4.78 is 28.8. The Morgan fingerprint density at radius 2 is 2.05 bits per heavy atom. The minimum atomic E-state index is -3.44. The lowest BCUT2D eigenvalue weighted by Gasteiger charge is -2.33. The molecule has 1 rings (SSSR count). The van der Waals surface area contributed by atoms with Crippen molar-refractivity contribution in [2.24, 2.45) is 11.3 Å². The minimum Gasteiger partial charge on any atom is -0.396 e. The molecule has 0 radical (unpaired) electrons. The topological polar surface area (TPSA) is 72.9 Å². The summed E-state index contributed by atoms with van der Waals surface area (Å²) in [7, 11) is 0.516. The standard InChI is InChI=1S/C13H29N3O3S/c1-13(2,11-15(3)4)10-14-20(18,19)16-7-5-6-12(8-16)9-17/h12,14,17H,5-11H2,1-4H3. The fourth-order valence-electron chi connectivity index (χ4n) is 2.68. The SMILES string of the molecule is CN(C)CC(C)(C)CNS(=O)(=O)N1CCCC(CO)C1. The third kappa shape index (κ3) is 5.65. The molecule has 7 heteroatoms. The number of aliphatic hydroxyl groups is 1. The van der Waals surface area contributed by atoms with E-state index in [2.05, 4.69) is 9.62 Å². The van der Waals surface area contributed by atoms with Crippen LogP contribution < -0.4 is 4.72 Å². The number of hydrogen-bond acceptors (Lipinski definition) is 4. The van der Waals surface area contributed by atoms with Gasteiger partial charge in [-0.25, -0.2) is 4.72 Å². The van der Waals surface area contributed by atoms with E-state index in [9.17, 15) is 13.5 Å². The maximum Gasteiger partial charge on any atom is 0.279 e. The van der Waals surface area contributed by atoms with Gasteiger partial charge >= 0.3 is 0 Å². The van der Waals surface area contributed by atoms with Crippen molar-refractivity contribution in [3.63, 3.8) is 0 Å². The highest BCUT2D eigenvalue weighted by atomic mass is 32.2. The van der Waals surface area contributed by atoms with E-state index in [4.69, 9.17) is 0 Å². The summed E-state index contributed by atoms with van der Waals surface area (Å²) in [6, 6.07) is 0. The van der Waals surface area contributed by atoms with Crippen molar-refractivity contribution in [2.45, 2.75) is 26.7 Å². The summed E-state index contributed by atoms with van der Waals surface area (Å²) in [5.41, 5.74) is -0.122. The van der Waals surface area contributed by atoms with Crippen LogP contribution in [0.25, 0.3) is 0 Å². The first kappa shape index (κ1) is 17.8. The van der Waals surface area contributed by atoms with Crippen molar-refractivity contribution in [1.82, 2.24) is 13.9 Å². The van der Waals surface area contributed by atoms with Crippen LogP contribution in [0, 0.1) is 11.3 Å². The van der Waals surface area contributed by atoms with Gasteiger partial charge in [-0.2, -0.15) is 12.7 Å². The van der Waals surface area contributed by atoms with Crippen LogP contribution in [0.15, 0.2) is 0 Å². The zero-order valence-corrected chi connectivity index (χ0v) is 13.9. The average Bonchev–Trinajstić information content (AvgIpc) is 2.35. The van der Waals surface area contributed by atoms with E-state index in [0.29, 0.717) is 19.6 Å². The van der Waals surface area contributed by atoms with Crippen molar-refractivity contribution < 1.29 is 13.5 Å². The van der Waals surface area contributed by atoms with Crippen LogP contribution in [0.3, 0.4) is 0 Å². The molecule has 120 valence electrons. The molecule has 0 aromatic heterocycles. The van der Waals surface area contributed by atoms with Crippen LogP contribution in [0.4, 0.5) is 0 Å². The highest BCUT2D eigenvalue weighted by molar-refractivity contribution is 7.87. The number of rotatable bonds is 7. The first-order valence-electron chi connectivity index (χ1n) is 7.16. The molecule has 1 aliphatic heterocycles. The Bertz CT molecular complexity index is 396. The molecule has 20 heavy (non-hydrogen) atoms. The molecule has 1 saturated heterocycles. The van der Waals surface area contributed by atoms with E-state index >= 15 is 0 Å². The second-order valence-electron chi connectivity index (χ2n) is 6.78. The number of hydrogen-bond donors (Lipinski definition) is 2. The molecule has 0 bridgehead atoms. The van der Waals surface area contributed by atoms with E-state index in [-0.39, 0.29) is 17.9 Å². The predicted octanol–water partition coefficient (Wildman–Crippen LogP) is 0.113. The van der Waals surface area contributed by atoms with E-state index in [0.717, 1.165) is 19.4 Å². The Labute approximate surface area is 123 Å². The van der Waals surface area contributed by atoms with Crippen LogP contribution in [-0.4, -0.2) is 69.6 Å². The molecule has 0 saturated carbocycles. The predicted molar refractivity (Wildman–Crippen MR) is 80.6 cm³/mol. The van der Waals surface area contributed by atoms with E-state index in [1.54, 1.807) is 0 Å². The van der Waals surface area contributed by atoms with E-state index < -0.39 is 10.2 Å². The number of piperidine rings is 1. The highest BCUT2D eigenvalue weighted by Gasteiger charge is 2.30. The van der Waals surface area contributed by atoms with Crippen LogP contribution in [0.5, 0.6) is 0 Å². The smallest absolute Gasteiger partial charge is 0.279 e. The van der Waals surface area contributed by atoms with Gasteiger partial charge in [0.15, 0.2) is 0 Å². The second-order valence-corrected chi connectivity index (χ2v) is 8.53.